The highest BCUT2D eigenvalue weighted by molar-refractivity contribution is 5.92. The van der Waals surface area contributed by atoms with Crippen LogP contribution in [0.5, 0.6) is 5.75 Å². The van der Waals surface area contributed by atoms with Crippen LogP contribution in [0.2, 0.25) is 0 Å². The van der Waals surface area contributed by atoms with Gasteiger partial charge in [0.1, 0.15) is 11.4 Å². The number of amides is 2. The van der Waals surface area contributed by atoms with Gasteiger partial charge in [0.15, 0.2) is 0 Å². The van der Waals surface area contributed by atoms with Gasteiger partial charge < -0.3 is 19.1 Å². The van der Waals surface area contributed by atoms with Crippen molar-refractivity contribution in [1.29, 1.82) is 0 Å². The molecular formula is C26H34F3N5O3. The number of imidazole rings is 1. The van der Waals surface area contributed by atoms with E-state index in [9.17, 15) is 22.8 Å². The summed E-state index contributed by atoms with van der Waals surface area (Å²) < 4.78 is 43.8. The molecule has 202 valence electrons. The average Bonchev–Trinajstić information content (AvgIpc) is 3.13. The standard InChI is InChI=1S/C26H34F3N5O3/c1-5-34(17(2)3)24(35)15-32-11-20-21(12-32)22(20)13-33(25(36)23-14-31(4)16-30-23)10-18-7-6-8-19(9-18)37-26(27,28)29/h6-9,14,16-17,20-22H,5,10-13,15H2,1-4H3. The molecule has 2 atom stereocenters. The Balaban J connectivity index is 1.41. The van der Waals surface area contributed by atoms with E-state index in [1.807, 2.05) is 25.7 Å². The molecule has 11 heteroatoms. The summed E-state index contributed by atoms with van der Waals surface area (Å²) >= 11 is 0. The van der Waals surface area contributed by atoms with Gasteiger partial charge in [-0.2, -0.15) is 0 Å². The topological polar surface area (TPSA) is 70.9 Å². The molecular weight excluding hydrogens is 487 g/mol. The molecule has 2 aromatic rings. The molecule has 0 radical (unpaired) electrons. The first-order chi connectivity index (χ1) is 17.4. The lowest BCUT2D eigenvalue weighted by Gasteiger charge is -2.29. The van der Waals surface area contributed by atoms with Gasteiger partial charge in [-0.3, -0.25) is 14.5 Å². The largest absolute Gasteiger partial charge is 0.573 e. The summed E-state index contributed by atoms with van der Waals surface area (Å²) in [6.45, 7) is 9.30. The van der Waals surface area contributed by atoms with Crippen LogP contribution in [0.15, 0.2) is 36.8 Å². The number of aryl methyl sites for hydroxylation is 1. The van der Waals surface area contributed by atoms with E-state index in [1.165, 1.54) is 18.2 Å². The monoisotopic (exact) mass is 521 g/mol. The van der Waals surface area contributed by atoms with Crippen molar-refractivity contribution >= 4 is 11.8 Å². The number of halogens is 3. The van der Waals surface area contributed by atoms with Crippen molar-refractivity contribution in [1.82, 2.24) is 24.3 Å². The van der Waals surface area contributed by atoms with Crippen molar-refractivity contribution in [2.75, 3.05) is 32.7 Å². The molecule has 1 aromatic heterocycles. The van der Waals surface area contributed by atoms with Crippen molar-refractivity contribution < 1.29 is 27.5 Å². The number of hydrogen-bond acceptors (Lipinski definition) is 5. The minimum Gasteiger partial charge on any atom is -0.406 e. The highest BCUT2D eigenvalue weighted by atomic mass is 19.4. The number of likely N-dealkylation sites (tertiary alicyclic amines) is 1. The molecule has 4 rings (SSSR count). The summed E-state index contributed by atoms with van der Waals surface area (Å²) in [4.78, 5) is 35.9. The molecule has 2 fully saturated rings. The van der Waals surface area contributed by atoms with Crippen LogP contribution in [-0.2, 0) is 18.4 Å². The van der Waals surface area contributed by atoms with Gasteiger partial charge in [-0.15, -0.1) is 13.2 Å². The predicted molar refractivity (Wildman–Crippen MR) is 131 cm³/mol. The summed E-state index contributed by atoms with van der Waals surface area (Å²) in [5, 5.41) is 0. The molecule has 0 bridgehead atoms. The maximum atomic E-state index is 13.3. The predicted octanol–water partition coefficient (Wildman–Crippen LogP) is 3.40. The zero-order valence-corrected chi connectivity index (χ0v) is 21.6. The van der Waals surface area contributed by atoms with Gasteiger partial charge in [-0.1, -0.05) is 12.1 Å². The number of fused-ring (bicyclic) bond motifs is 1. The van der Waals surface area contributed by atoms with Gasteiger partial charge in [-0.25, -0.2) is 4.98 Å². The first-order valence-electron chi connectivity index (χ1n) is 12.6. The van der Waals surface area contributed by atoms with E-state index >= 15 is 0 Å². The van der Waals surface area contributed by atoms with E-state index in [0.717, 1.165) is 13.1 Å². The lowest BCUT2D eigenvalue weighted by Crippen LogP contribution is -2.44. The second-order valence-corrected chi connectivity index (χ2v) is 10.3. The normalized spacial score (nSPS) is 21.1. The van der Waals surface area contributed by atoms with Crippen molar-refractivity contribution in [2.45, 2.75) is 39.7 Å². The third kappa shape index (κ3) is 6.63. The van der Waals surface area contributed by atoms with Gasteiger partial charge in [0.05, 0.1) is 12.9 Å². The Morgan fingerprint density at radius 1 is 1.22 bits per heavy atom. The molecule has 37 heavy (non-hydrogen) atoms. The molecule has 1 aliphatic carbocycles. The highest BCUT2D eigenvalue weighted by Gasteiger charge is 2.56. The number of benzene rings is 1. The van der Waals surface area contributed by atoms with E-state index in [0.29, 0.717) is 37.0 Å². The third-order valence-electron chi connectivity index (χ3n) is 7.24. The Bertz CT molecular complexity index is 1110. The summed E-state index contributed by atoms with van der Waals surface area (Å²) in [6.07, 6.45) is -1.61. The Labute approximate surface area is 215 Å². The fourth-order valence-corrected chi connectivity index (χ4v) is 5.47. The third-order valence-corrected chi connectivity index (χ3v) is 7.24. The number of ether oxygens (including phenoxy) is 1. The van der Waals surface area contributed by atoms with E-state index in [-0.39, 0.29) is 41.8 Å². The second kappa shape index (κ2) is 10.7. The van der Waals surface area contributed by atoms with Crippen molar-refractivity contribution in [3.8, 4) is 5.75 Å². The van der Waals surface area contributed by atoms with Crippen molar-refractivity contribution in [2.24, 2.45) is 24.8 Å². The Morgan fingerprint density at radius 2 is 1.92 bits per heavy atom. The van der Waals surface area contributed by atoms with Crippen molar-refractivity contribution in [3.63, 3.8) is 0 Å². The smallest absolute Gasteiger partial charge is 0.406 e. The lowest BCUT2D eigenvalue weighted by molar-refractivity contribution is -0.274. The lowest BCUT2D eigenvalue weighted by atomic mass is 10.1. The number of aromatic nitrogens is 2. The average molecular weight is 522 g/mol. The zero-order valence-electron chi connectivity index (χ0n) is 21.6. The molecule has 2 heterocycles. The van der Waals surface area contributed by atoms with E-state index < -0.39 is 6.36 Å². The first-order valence-corrected chi connectivity index (χ1v) is 12.6. The highest BCUT2D eigenvalue weighted by Crippen LogP contribution is 2.52. The van der Waals surface area contributed by atoms with Crippen LogP contribution >= 0.6 is 0 Å². The van der Waals surface area contributed by atoms with Gasteiger partial charge in [0.2, 0.25) is 5.91 Å². The molecule has 2 amide bonds. The van der Waals surface area contributed by atoms with Crippen LogP contribution in [0, 0.1) is 17.8 Å². The maximum Gasteiger partial charge on any atom is 0.573 e. The van der Waals surface area contributed by atoms with Crippen LogP contribution in [0.1, 0.15) is 36.8 Å². The summed E-state index contributed by atoms with van der Waals surface area (Å²) in [5.41, 5.74) is 0.828. The fourth-order valence-electron chi connectivity index (χ4n) is 5.47. The van der Waals surface area contributed by atoms with E-state index in [1.54, 1.807) is 35.1 Å². The molecule has 1 saturated carbocycles. The van der Waals surface area contributed by atoms with E-state index in [2.05, 4.69) is 14.6 Å². The Hall–Kier alpha value is -3.08. The molecule has 1 aromatic carbocycles. The molecule has 0 N–H and O–H groups in total. The quantitative estimate of drug-likeness (QED) is 0.480. The summed E-state index contributed by atoms with van der Waals surface area (Å²) in [5.74, 6) is 0.600. The number of nitrogens with zero attached hydrogens (tertiary/aromatic N) is 5. The summed E-state index contributed by atoms with van der Waals surface area (Å²) in [7, 11) is 1.77. The van der Waals surface area contributed by atoms with Gasteiger partial charge in [0, 0.05) is 52.0 Å². The van der Waals surface area contributed by atoms with Gasteiger partial charge >= 0.3 is 6.36 Å². The van der Waals surface area contributed by atoms with Gasteiger partial charge in [0.25, 0.3) is 5.91 Å². The van der Waals surface area contributed by atoms with Crippen LogP contribution < -0.4 is 4.74 Å². The van der Waals surface area contributed by atoms with E-state index in [4.69, 9.17) is 0 Å². The SMILES string of the molecule is CCN(C(=O)CN1CC2C(C1)C2CN(Cc1cccc(OC(F)(F)F)c1)C(=O)c1cn(C)cn1)C(C)C. The number of likely N-dealkylation sites (N-methyl/N-ethyl adjacent to an activating group) is 1. The zero-order chi connectivity index (χ0) is 26.9. The van der Waals surface area contributed by atoms with Gasteiger partial charge in [-0.05, 0) is 56.2 Å². The number of hydrogen-bond donors (Lipinski definition) is 0. The number of rotatable bonds is 10. The molecule has 1 saturated heterocycles. The minimum atomic E-state index is -4.79. The molecule has 1 aliphatic heterocycles. The molecule has 0 spiro atoms. The Morgan fingerprint density at radius 3 is 2.49 bits per heavy atom. The summed E-state index contributed by atoms with van der Waals surface area (Å²) in [6, 6.07) is 5.87. The number of alkyl halides is 3. The molecule has 8 nitrogen and oxygen atoms in total. The molecule has 2 aliphatic rings. The van der Waals surface area contributed by atoms with Crippen LogP contribution in [0.25, 0.3) is 0 Å². The van der Waals surface area contributed by atoms with Crippen LogP contribution in [0.4, 0.5) is 13.2 Å². The number of carbonyl (C=O) groups excluding carboxylic acids is 2. The maximum absolute atomic E-state index is 13.3. The fraction of sp³-hybridized carbons (Fsp3) is 0.577. The minimum absolute atomic E-state index is 0.128. The van der Waals surface area contributed by atoms with Crippen molar-refractivity contribution in [3.05, 3.63) is 48.0 Å². The molecule has 2 unspecified atom stereocenters. The van der Waals surface area contributed by atoms with Crippen LogP contribution in [0.3, 0.4) is 0 Å². The Kier molecular flexibility index (Phi) is 7.82. The first kappa shape index (κ1) is 27.0. The number of piperidine rings is 1. The van der Waals surface area contributed by atoms with Crippen LogP contribution in [-0.4, -0.2) is 81.2 Å². The second-order valence-electron chi connectivity index (χ2n) is 10.3. The number of carbonyl (C=O) groups is 2.